The Morgan fingerprint density at radius 2 is 2.28 bits per heavy atom. The number of anilines is 1. The lowest BCUT2D eigenvalue weighted by atomic mass is 10.2. The molecular weight excluding hydrogens is 324 g/mol. The molecule has 1 aromatic heterocycles. The van der Waals surface area contributed by atoms with Crippen LogP contribution in [0.4, 0.5) is 10.2 Å². The Morgan fingerprint density at radius 1 is 1.50 bits per heavy atom. The largest absolute Gasteiger partial charge is 0.365 e. The van der Waals surface area contributed by atoms with Gasteiger partial charge in [0.2, 0.25) is 0 Å². The van der Waals surface area contributed by atoms with Crippen molar-refractivity contribution in [3.63, 3.8) is 0 Å². The summed E-state index contributed by atoms with van der Waals surface area (Å²) in [6.45, 7) is 0.384. The lowest BCUT2D eigenvalue weighted by Crippen LogP contribution is -2.12. The Hall–Kier alpha value is -1.40. The molecule has 0 aliphatic heterocycles. The highest BCUT2D eigenvalue weighted by molar-refractivity contribution is 9.10. The van der Waals surface area contributed by atoms with Gasteiger partial charge in [-0.1, -0.05) is 17.7 Å². The zero-order chi connectivity index (χ0) is 13.1. The molecule has 2 aromatic rings. The average Bonchev–Trinajstić information content (AvgIpc) is 2.35. The van der Waals surface area contributed by atoms with E-state index in [2.05, 4.69) is 31.2 Å². The number of hydrogen-bond donors (Lipinski definition) is 2. The number of aromatic nitrogens is 2. The van der Waals surface area contributed by atoms with E-state index in [0.717, 1.165) is 5.56 Å². The first kappa shape index (κ1) is 13.0. The molecule has 0 aliphatic carbocycles. The van der Waals surface area contributed by atoms with Crippen molar-refractivity contribution in [1.82, 2.24) is 9.97 Å². The molecule has 0 amide bonds. The van der Waals surface area contributed by atoms with Crippen LogP contribution in [0.1, 0.15) is 5.56 Å². The highest BCUT2D eigenvalue weighted by Gasteiger charge is 2.05. The van der Waals surface area contributed by atoms with Crippen molar-refractivity contribution in [3.05, 3.63) is 55.8 Å². The van der Waals surface area contributed by atoms with E-state index in [1.165, 1.54) is 18.5 Å². The number of benzene rings is 1. The first-order valence-electron chi connectivity index (χ1n) is 4.99. The predicted molar refractivity (Wildman–Crippen MR) is 71.3 cm³/mol. The van der Waals surface area contributed by atoms with Crippen LogP contribution in [0, 0.1) is 5.82 Å². The molecule has 1 aromatic carbocycles. The molecule has 4 nitrogen and oxygen atoms in total. The van der Waals surface area contributed by atoms with Gasteiger partial charge in [0.15, 0.2) is 0 Å². The zero-order valence-corrected chi connectivity index (χ0v) is 11.3. The molecule has 2 N–H and O–H groups in total. The molecule has 0 fully saturated rings. The van der Waals surface area contributed by atoms with Gasteiger partial charge in [-0.15, -0.1) is 0 Å². The second-order valence-electron chi connectivity index (χ2n) is 3.50. The summed E-state index contributed by atoms with van der Waals surface area (Å²) >= 11 is 8.79. The van der Waals surface area contributed by atoms with Crippen LogP contribution in [0.2, 0.25) is 5.02 Å². The summed E-state index contributed by atoms with van der Waals surface area (Å²) in [7, 11) is 0. The van der Waals surface area contributed by atoms with E-state index in [1.54, 1.807) is 6.07 Å². The molecule has 0 aliphatic rings. The first-order chi connectivity index (χ1) is 8.58. The molecule has 2 rings (SSSR count). The van der Waals surface area contributed by atoms with E-state index in [-0.39, 0.29) is 10.6 Å². The summed E-state index contributed by atoms with van der Waals surface area (Å²) in [4.78, 5) is 17.7. The molecule has 18 heavy (non-hydrogen) atoms. The smallest absolute Gasteiger partial charge is 0.267 e. The van der Waals surface area contributed by atoms with Gasteiger partial charge in [0.05, 0.1) is 11.3 Å². The highest BCUT2D eigenvalue weighted by atomic mass is 79.9. The molecule has 94 valence electrons. The average molecular weight is 333 g/mol. The number of H-pyrrole nitrogens is 1. The minimum Gasteiger partial charge on any atom is -0.365 e. The van der Waals surface area contributed by atoms with Crippen molar-refractivity contribution in [1.29, 1.82) is 0 Å². The SMILES string of the molecule is O=c1[nH]cnc(NCc2ccc(F)c(Cl)c2)c1Br. The Labute approximate surface area is 115 Å². The van der Waals surface area contributed by atoms with Crippen LogP contribution in [0.15, 0.2) is 33.8 Å². The highest BCUT2D eigenvalue weighted by Crippen LogP contribution is 2.18. The van der Waals surface area contributed by atoms with Crippen molar-refractivity contribution in [2.45, 2.75) is 6.54 Å². The molecule has 0 radical (unpaired) electrons. The summed E-state index contributed by atoms with van der Waals surface area (Å²) in [6.07, 6.45) is 1.30. The minimum absolute atomic E-state index is 0.0623. The lowest BCUT2D eigenvalue weighted by molar-refractivity contribution is 0.627. The van der Waals surface area contributed by atoms with E-state index >= 15 is 0 Å². The number of nitrogens with zero attached hydrogens (tertiary/aromatic N) is 1. The zero-order valence-electron chi connectivity index (χ0n) is 9.01. The van der Waals surface area contributed by atoms with Crippen molar-refractivity contribution >= 4 is 33.3 Å². The van der Waals surface area contributed by atoms with E-state index < -0.39 is 5.82 Å². The maximum atomic E-state index is 13.0. The number of halogens is 3. The van der Waals surface area contributed by atoms with Crippen LogP contribution in [0.3, 0.4) is 0 Å². The van der Waals surface area contributed by atoms with Crippen LogP contribution in [-0.4, -0.2) is 9.97 Å². The maximum Gasteiger partial charge on any atom is 0.267 e. The van der Waals surface area contributed by atoms with Crippen LogP contribution in [0.25, 0.3) is 0 Å². The molecule has 0 saturated heterocycles. The summed E-state index contributed by atoms with van der Waals surface area (Å²) < 4.78 is 13.3. The van der Waals surface area contributed by atoms with Gasteiger partial charge in [-0.2, -0.15) is 0 Å². The second kappa shape index (κ2) is 5.49. The summed E-state index contributed by atoms with van der Waals surface area (Å²) in [5.41, 5.74) is 0.514. The van der Waals surface area contributed by atoms with E-state index in [9.17, 15) is 9.18 Å². The van der Waals surface area contributed by atoms with Crippen molar-refractivity contribution < 1.29 is 4.39 Å². The van der Waals surface area contributed by atoms with Gasteiger partial charge < -0.3 is 10.3 Å². The summed E-state index contributed by atoms with van der Waals surface area (Å²) in [5, 5.41) is 3.02. The molecule has 0 atom stereocenters. The number of aromatic amines is 1. The molecule has 0 bridgehead atoms. The van der Waals surface area contributed by atoms with Gasteiger partial charge >= 0.3 is 0 Å². The standard InChI is InChI=1S/C11H8BrClFN3O/c12-9-10(16-5-17-11(9)18)15-4-6-1-2-8(14)7(13)3-6/h1-3,5H,4H2,(H2,15,16,17,18). The van der Waals surface area contributed by atoms with Crippen LogP contribution >= 0.6 is 27.5 Å². The molecule has 0 unspecified atom stereocenters. The topological polar surface area (TPSA) is 57.8 Å². The predicted octanol–water partition coefficient (Wildman–Crippen LogP) is 2.94. The van der Waals surface area contributed by atoms with E-state index in [4.69, 9.17) is 11.6 Å². The van der Waals surface area contributed by atoms with E-state index in [0.29, 0.717) is 16.8 Å². The van der Waals surface area contributed by atoms with E-state index in [1.807, 2.05) is 0 Å². The molecule has 0 saturated carbocycles. The summed E-state index contributed by atoms with van der Waals surface area (Å²) in [5.74, 6) is -0.0462. The Bertz CT molecular complexity index is 632. The quantitative estimate of drug-likeness (QED) is 0.908. The number of hydrogen-bond acceptors (Lipinski definition) is 3. The molecule has 1 heterocycles. The Kier molecular flexibility index (Phi) is 3.98. The van der Waals surface area contributed by atoms with Gasteiger partial charge in [0, 0.05) is 6.54 Å². The van der Waals surface area contributed by atoms with Crippen molar-refractivity contribution in [2.24, 2.45) is 0 Å². The fourth-order valence-electron chi connectivity index (χ4n) is 1.34. The van der Waals surface area contributed by atoms with Gasteiger partial charge in [0.1, 0.15) is 16.1 Å². The third-order valence-electron chi connectivity index (χ3n) is 2.24. The summed E-state index contributed by atoms with van der Waals surface area (Å²) in [6, 6.07) is 4.42. The first-order valence-corrected chi connectivity index (χ1v) is 6.16. The molecular formula is C11H8BrClFN3O. The number of rotatable bonds is 3. The monoisotopic (exact) mass is 331 g/mol. The third kappa shape index (κ3) is 2.88. The lowest BCUT2D eigenvalue weighted by Gasteiger charge is -2.07. The van der Waals surface area contributed by atoms with Gasteiger partial charge in [-0.05, 0) is 33.6 Å². The van der Waals surface area contributed by atoms with Gasteiger partial charge in [0.25, 0.3) is 5.56 Å². The van der Waals surface area contributed by atoms with Gasteiger partial charge in [-0.3, -0.25) is 4.79 Å². The number of nitrogens with one attached hydrogen (secondary N) is 2. The van der Waals surface area contributed by atoms with Crippen LogP contribution < -0.4 is 10.9 Å². The Balaban J connectivity index is 2.14. The fourth-order valence-corrected chi connectivity index (χ4v) is 1.90. The normalized spacial score (nSPS) is 10.4. The van der Waals surface area contributed by atoms with Gasteiger partial charge in [-0.25, -0.2) is 9.37 Å². The molecule has 7 heteroatoms. The van der Waals surface area contributed by atoms with Crippen LogP contribution in [0.5, 0.6) is 0 Å². The Morgan fingerprint density at radius 3 is 3.00 bits per heavy atom. The van der Waals surface area contributed by atoms with Crippen LogP contribution in [-0.2, 0) is 6.54 Å². The second-order valence-corrected chi connectivity index (χ2v) is 4.70. The maximum absolute atomic E-state index is 13.0. The minimum atomic E-state index is -0.462. The van der Waals surface area contributed by atoms with Crippen molar-refractivity contribution in [2.75, 3.05) is 5.32 Å². The van der Waals surface area contributed by atoms with Crippen molar-refractivity contribution in [3.8, 4) is 0 Å². The molecule has 0 spiro atoms. The third-order valence-corrected chi connectivity index (χ3v) is 3.27. The fraction of sp³-hybridized carbons (Fsp3) is 0.0909.